The van der Waals surface area contributed by atoms with Crippen LogP contribution in [0, 0.1) is 35.5 Å². The fourth-order valence-electron chi connectivity index (χ4n) is 6.35. The summed E-state index contributed by atoms with van der Waals surface area (Å²) in [4.78, 5) is 0. The zero-order valence-corrected chi connectivity index (χ0v) is 19.1. The first-order chi connectivity index (χ1) is 13.8. The van der Waals surface area contributed by atoms with Crippen LogP contribution in [-0.2, 0) is 0 Å². The highest BCUT2D eigenvalue weighted by Crippen LogP contribution is 2.40. The Morgan fingerprint density at radius 3 is 1.89 bits per heavy atom. The van der Waals surface area contributed by atoms with Crippen LogP contribution in [0.15, 0.2) is 24.3 Å². The van der Waals surface area contributed by atoms with Crippen molar-refractivity contribution in [1.29, 1.82) is 0 Å². The molecule has 2 atom stereocenters. The maximum atomic E-state index is 2.64. The molecule has 3 aliphatic rings. The summed E-state index contributed by atoms with van der Waals surface area (Å²) in [6.07, 6.45) is 33.7. The molecular weight excluding hydrogens is 336 g/mol. The van der Waals surface area contributed by atoms with Crippen molar-refractivity contribution in [3.63, 3.8) is 0 Å². The van der Waals surface area contributed by atoms with E-state index >= 15 is 0 Å². The van der Waals surface area contributed by atoms with E-state index in [0.29, 0.717) is 0 Å². The molecule has 0 N–H and O–H groups in total. The van der Waals surface area contributed by atoms with Crippen molar-refractivity contribution in [1.82, 2.24) is 0 Å². The maximum Gasteiger partial charge on any atom is -0.0205 e. The molecule has 0 aliphatic heterocycles. The second-order valence-corrected chi connectivity index (χ2v) is 10.5. The fourth-order valence-corrected chi connectivity index (χ4v) is 6.35. The largest absolute Gasteiger partial charge is 0.0851 e. The first kappa shape index (κ1) is 22.2. The van der Waals surface area contributed by atoms with Gasteiger partial charge in [0.2, 0.25) is 0 Å². The lowest BCUT2D eigenvalue weighted by Gasteiger charge is -2.34. The quantitative estimate of drug-likeness (QED) is 0.274. The molecule has 0 nitrogen and oxygen atoms in total. The van der Waals surface area contributed by atoms with E-state index in [2.05, 4.69) is 38.2 Å². The molecule has 0 spiro atoms. The topological polar surface area (TPSA) is 0 Å². The van der Waals surface area contributed by atoms with Gasteiger partial charge in [0, 0.05) is 0 Å². The number of hydrogen-bond donors (Lipinski definition) is 0. The lowest BCUT2D eigenvalue weighted by atomic mass is 9.71. The van der Waals surface area contributed by atoms with Gasteiger partial charge in [0.25, 0.3) is 0 Å². The molecule has 3 rings (SSSR count). The van der Waals surface area contributed by atoms with Gasteiger partial charge in [-0.2, -0.15) is 0 Å². The summed E-state index contributed by atoms with van der Waals surface area (Å²) in [6.45, 7) is 4.66. The minimum atomic E-state index is 0.888. The molecule has 2 unspecified atom stereocenters. The van der Waals surface area contributed by atoms with Crippen molar-refractivity contribution in [3.8, 4) is 0 Å². The van der Waals surface area contributed by atoms with Crippen LogP contribution >= 0.6 is 0 Å². The third-order valence-corrected chi connectivity index (χ3v) is 8.35. The molecular formula is C28H48. The molecule has 0 heterocycles. The average Bonchev–Trinajstić information content (AvgIpc) is 2.75. The van der Waals surface area contributed by atoms with Gasteiger partial charge >= 0.3 is 0 Å². The molecule has 0 bridgehead atoms. The SMILES string of the molecule is CCCCCC1C=CC(C2CCC(/C=C/C3CCC(CCC)CC3)CC2)CC1. The van der Waals surface area contributed by atoms with Gasteiger partial charge in [-0.25, -0.2) is 0 Å². The molecule has 28 heavy (non-hydrogen) atoms. The first-order valence-corrected chi connectivity index (χ1v) is 13.1. The zero-order chi connectivity index (χ0) is 19.6. The fraction of sp³-hybridized carbons (Fsp3) is 0.857. The van der Waals surface area contributed by atoms with Crippen molar-refractivity contribution in [3.05, 3.63) is 24.3 Å². The van der Waals surface area contributed by atoms with Gasteiger partial charge in [0.05, 0.1) is 0 Å². The Bertz CT molecular complexity index is 456. The van der Waals surface area contributed by atoms with E-state index in [-0.39, 0.29) is 0 Å². The van der Waals surface area contributed by atoms with E-state index in [0.717, 1.165) is 35.5 Å². The Kier molecular flexibility index (Phi) is 9.69. The predicted molar refractivity (Wildman–Crippen MR) is 124 cm³/mol. The van der Waals surface area contributed by atoms with E-state index < -0.39 is 0 Å². The third kappa shape index (κ3) is 7.07. The molecule has 0 aromatic rings. The predicted octanol–water partition coefficient (Wildman–Crippen LogP) is 9.12. The van der Waals surface area contributed by atoms with Crippen LogP contribution in [0.4, 0.5) is 0 Å². The Morgan fingerprint density at radius 2 is 1.32 bits per heavy atom. The van der Waals surface area contributed by atoms with Crippen LogP contribution < -0.4 is 0 Å². The lowest BCUT2D eigenvalue weighted by molar-refractivity contribution is 0.229. The Morgan fingerprint density at radius 1 is 0.643 bits per heavy atom. The Hall–Kier alpha value is -0.520. The summed E-state index contributed by atoms with van der Waals surface area (Å²) < 4.78 is 0. The van der Waals surface area contributed by atoms with E-state index in [1.54, 1.807) is 0 Å². The number of rotatable bonds is 9. The molecule has 0 aromatic heterocycles. The minimum absolute atomic E-state index is 0.888. The van der Waals surface area contributed by atoms with Crippen LogP contribution in [0.1, 0.15) is 117 Å². The standard InChI is InChI=1S/C28H48/c1-3-5-6-8-24-15-19-27(20-16-24)28-21-17-26(18-22-28)14-13-25-11-9-23(7-4-2)10-12-25/h13-15,19,23-28H,3-12,16-18,20-22H2,1-2H3/b14-13+. The molecule has 0 saturated heterocycles. The average molecular weight is 385 g/mol. The lowest BCUT2D eigenvalue weighted by Crippen LogP contribution is -2.22. The third-order valence-electron chi connectivity index (χ3n) is 8.35. The summed E-state index contributed by atoms with van der Waals surface area (Å²) in [5.74, 6) is 5.62. The zero-order valence-electron chi connectivity index (χ0n) is 19.1. The van der Waals surface area contributed by atoms with Crippen molar-refractivity contribution in [2.75, 3.05) is 0 Å². The van der Waals surface area contributed by atoms with Crippen LogP contribution in [0.2, 0.25) is 0 Å². The highest BCUT2D eigenvalue weighted by atomic mass is 14.3. The van der Waals surface area contributed by atoms with E-state index in [1.165, 1.54) is 103 Å². The molecule has 0 amide bonds. The van der Waals surface area contributed by atoms with E-state index in [4.69, 9.17) is 0 Å². The van der Waals surface area contributed by atoms with Gasteiger partial charge in [-0.1, -0.05) is 70.3 Å². The second kappa shape index (κ2) is 12.2. The maximum absolute atomic E-state index is 2.64. The summed E-state index contributed by atoms with van der Waals surface area (Å²) in [5.41, 5.74) is 0. The summed E-state index contributed by atoms with van der Waals surface area (Å²) in [7, 11) is 0. The molecule has 0 radical (unpaired) electrons. The second-order valence-electron chi connectivity index (χ2n) is 10.5. The number of hydrogen-bond acceptors (Lipinski definition) is 0. The van der Waals surface area contributed by atoms with Crippen LogP contribution in [-0.4, -0.2) is 0 Å². The van der Waals surface area contributed by atoms with Gasteiger partial charge < -0.3 is 0 Å². The highest BCUT2D eigenvalue weighted by molar-refractivity contribution is 5.02. The smallest absolute Gasteiger partial charge is 0.0205 e. The van der Waals surface area contributed by atoms with Crippen LogP contribution in [0.5, 0.6) is 0 Å². The van der Waals surface area contributed by atoms with E-state index in [1.807, 2.05) is 0 Å². The summed E-state index contributed by atoms with van der Waals surface area (Å²) in [5, 5.41) is 0. The first-order valence-electron chi connectivity index (χ1n) is 13.1. The minimum Gasteiger partial charge on any atom is -0.0851 e. The molecule has 0 aromatic carbocycles. The molecule has 0 heteroatoms. The van der Waals surface area contributed by atoms with Crippen molar-refractivity contribution in [2.45, 2.75) is 117 Å². The monoisotopic (exact) mass is 384 g/mol. The van der Waals surface area contributed by atoms with Crippen molar-refractivity contribution in [2.24, 2.45) is 35.5 Å². The summed E-state index contributed by atoms with van der Waals surface area (Å²) >= 11 is 0. The molecule has 2 saturated carbocycles. The van der Waals surface area contributed by atoms with Crippen molar-refractivity contribution >= 4 is 0 Å². The van der Waals surface area contributed by atoms with Crippen LogP contribution in [0.25, 0.3) is 0 Å². The van der Waals surface area contributed by atoms with Gasteiger partial charge in [0.1, 0.15) is 0 Å². The molecule has 160 valence electrons. The van der Waals surface area contributed by atoms with E-state index in [9.17, 15) is 0 Å². The van der Waals surface area contributed by atoms with Crippen LogP contribution in [0.3, 0.4) is 0 Å². The highest BCUT2D eigenvalue weighted by Gasteiger charge is 2.28. The normalized spacial score (nSPS) is 36.8. The van der Waals surface area contributed by atoms with Gasteiger partial charge in [-0.3, -0.25) is 0 Å². The Labute approximate surface area is 176 Å². The molecule has 3 aliphatic carbocycles. The number of unbranched alkanes of at least 4 members (excludes halogenated alkanes) is 2. The van der Waals surface area contributed by atoms with Crippen molar-refractivity contribution < 1.29 is 0 Å². The van der Waals surface area contributed by atoms with Gasteiger partial charge in [0.15, 0.2) is 0 Å². The molecule has 2 fully saturated rings. The van der Waals surface area contributed by atoms with Gasteiger partial charge in [-0.15, -0.1) is 0 Å². The Balaban J connectivity index is 1.33. The summed E-state index contributed by atoms with van der Waals surface area (Å²) in [6, 6.07) is 0. The van der Waals surface area contributed by atoms with Gasteiger partial charge in [-0.05, 0) is 106 Å². The number of allylic oxidation sites excluding steroid dienone is 4.